The molecule has 1 atom stereocenters. The Morgan fingerprint density at radius 2 is 2.05 bits per heavy atom. The number of aromatic nitrogens is 4. The molecule has 4 rings (SSSR count). The summed E-state index contributed by atoms with van der Waals surface area (Å²) in [5.74, 6) is 1.57. The molecule has 6 heteroatoms. The Balaban J connectivity index is 0.00000121. The Hall–Kier alpha value is -2.21. The lowest BCUT2D eigenvalue weighted by Crippen LogP contribution is -2.31. The van der Waals surface area contributed by atoms with E-state index >= 15 is 0 Å². The number of fused-ring (bicyclic) bond motifs is 1. The van der Waals surface area contributed by atoms with Gasteiger partial charge in [0.15, 0.2) is 12.0 Å². The number of aryl methyl sites for hydroxylation is 1. The molecule has 0 bridgehead atoms. The van der Waals surface area contributed by atoms with E-state index in [4.69, 9.17) is 0 Å². The van der Waals surface area contributed by atoms with Crippen molar-refractivity contribution < 1.29 is 0 Å². The summed E-state index contributed by atoms with van der Waals surface area (Å²) in [6, 6.07) is 8.24. The van der Waals surface area contributed by atoms with Gasteiger partial charge in [0.05, 0.1) is 10.4 Å². The highest BCUT2D eigenvalue weighted by molar-refractivity contribution is 7.09. The molecular weight excluding hydrogens is 270 g/mol. The number of nitrogens with one attached hydrogen (secondary N) is 1. The summed E-state index contributed by atoms with van der Waals surface area (Å²) < 4.78 is 1.91. The van der Waals surface area contributed by atoms with Gasteiger partial charge in [-0.3, -0.25) is 4.98 Å². The smallest absolute Gasteiger partial charge is 0.226 e. The van der Waals surface area contributed by atoms with Crippen molar-refractivity contribution in [1.82, 2.24) is 19.7 Å². The average molecular weight is 285 g/mol. The van der Waals surface area contributed by atoms with Crippen molar-refractivity contribution in [2.75, 3.05) is 5.32 Å². The lowest BCUT2D eigenvalue weighted by molar-refractivity contribution is 0.517. The van der Waals surface area contributed by atoms with Gasteiger partial charge in [-0.2, -0.15) is 4.98 Å². The van der Waals surface area contributed by atoms with Gasteiger partial charge in [0.25, 0.3) is 0 Å². The molecule has 0 amide bonds. The van der Waals surface area contributed by atoms with Gasteiger partial charge in [0, 0.05) is 11.8 Å². The van der Waals surface area contributed by atoms with Crippen LogP contribution in [0.2, 0.25) is 0 Å². The second kappa shape index (κ2) is 4.72. The third-order valence-corrected chi connectivity index (χ3v) is 4.00. The highest BCUT2D eigenvalue weighted by Gasteiger charge is 2.31. The maximum absolute atomic E-state index is 4.56. The molecule has 0 fully saturated rings. The summed E-state index contributed by atoms with van der Waals surface area (Å²) in [5.41, 5.74) is 4.10. The number of benzene rings is 1. The van der Waals surface area contributed by atoms with Crippen molar-refractivity contribution in [3.8, 4) is 11.4 Å². The number of nitrogens with zero attached hydrogens (tertiary/aromatic N) is 4. The van der Waals surface area contributed by atoms with Gasteiger partial charge in [0.1, 0.15) is 0 Å². The van der Waals surface area contributed by atoms with Crippen LogP contribution >= 0.6 is 11.3 Å². The van der Waals surface area contributed by atoms with Crippen molar-refractivity contribution >= 4 is 17.3 Å². The topological polar surface area (TPSA) is 55.6 Å². The van der Waals surface area contributed by atoms with E-state index in [2.05, 4.69) is 39.4 Å². The Bertz CT molecular complexity index is 715. The summed E-state index contributed by atoms with van der Waals surface area (Å²) in [6.07, 6.45) is 1.94. The standard InChI is InChI=1S/C13H11N5S.CH4/c1-8-2-4-9(5-3-8)11-15-13-16-12(18(13)17-11)10-6-14-7-19-10;/h2-7,12H,1H3,(H,15,16,17);1H4. The molecule has 2 aromatic heterocycles. The van der Waals surface area contributed by atoms with Crippen LogP contribution in [0, 0.1) is 6.92 Å². The number of rotatable bonds is 2. The molecule has 1 aromatic carbocycles. The van der Waals surface area contributed by atoms with Crippen LogP contribution < -0.4 is 5.32 Å². The monoisotopic (exact) mass is 285 g/mol. The molecule has 5 nitrogen and oxygen atoms in total. The third-order valence-electron chi connectivity index (χ3n) is 3.17. The predicted octanol–water partition coefficient (Wildman–Crippen LogP) is 3.32. The minimum atomic E-state index is 0. The first-order valence-electron chi connectivity index (χ1n) is 6.00. The fraction of sp³-hybridized carbons (Fsp3) is 0.214. The first-order valence-corrected chi connectivity index (χ1v) is 6.88. The molecular formula is C14H15N5S. The van der Waals surface area contributed by atoms with Crippen molar-refractivity contribution in [1.29, 1.82) is 0 Å². The van der Waals surface area contributed by atoms with Crippen LogP contribution in [0.3, 0.4) is 0 Å². The Kier molecular flexibility index (Phi) is 3.02. The van der Waals surface area contributed by atoms with E-state index in [9.17, 15) is 0 Å². The minimum absolute atomic E-state index is 0. The Morgan fingerprint density at radius 3 is 2.75 bits per heavy atom. The number of anilines is 1. The minimum Gasteiger partial charge on any atom is -0.328 e. The van der Waals surface area contributed by atoms with E-state index in [-0.39, 0.29) is 13.6 Å². The molecule has 1 aliphatic heterocycles. The van der Waals surface area contributed by atoms with Crippen LogP contribution in [-0.4, -0.2) is 19.7 Å². The van der Waals surface area contributed by atoms with E-state index in [1.807, 2.05) is 28.5 Å². The summed E-state index contributed by atoms with van der Waals surface area (Å²) in [7, 11) is 0. The van der Waals surface area contributed by atoms with Crippen molar-refractivity contribution in [3.05, 3.63) is 46.4 Å². The van der Waals surface area contributed by atoms with Gasteiger partial charge in [0.2, 0.25) is 5.95 Å². The Labute approximate surface area is 121 Å². The lowest BCUT2D eigenvalue weighted by Gasteiger charge is -2.27. The number of hydrogen-bond donors (Lipinski definition) is 1. The van der Waals surface area contributed by atoms with Gasteiger partial charge < -0.3 is 5.32 Å². The van der Waals surface area contributed by atoms with Gasteiger partial charge >= 0.3 is 0 Å². The quantitative estimate of drug-likeness (QED) is 0.784. The van der Waals surface area contributed by atoms with Crippen molar-refractivity contribution in [2.45, 2.75) is 20.5 Å². The highest BCUT2D eigenvalue weighted by atomic mass is 32.1. The van der Waals surface area contributed by atoms with Crippen LogP contribution in [0.25, 0.3) is 11.4 Å². The van der Waals surface area contributed by atoms with Crippen LogP contribution in [0.4, 0.5) is 5.95 Å². The fourth-order valence-electron chi connectivity index (χ4n) is 2.10. The largest absolute Gasteiger partial charge is 0.328 e. The van der Waals surface area contributed by atoms with Crippen LogP contribution in [0.15, 0.2) is 36.0 Å². The Morgan fingerprint density at radius 1 is 1.25 bits per heavy atom. The van der Waals surface area contributed by atoms with E-state index in [1.54, 1.807) is 11.3 Å². The molecule has 0 saturated heterocycles. The molecule has 1 N–H and O–H groups in total. The van der Waals surface area contributed by atoms with Crippen molar-refractivity contribution in [3.63, 3.8) is 0 Å². The number of thiazole rings is 1. The second-order valence-electron chi connectivity index (χ2n) is 4.52. The van der Waals surface area contributed by atoms with Crippen molar-refractivity contribution in [2.24, 2.45) is 0 Å². The third kappa shape index (κ3) is 1.89. The average Bonchev–Trinajstić information content (AvgIpc) is 3.01. The molecule has 0 spiro atoms. The molecule has 3 heterocycles. The van der Waals surface area contributed by atoms with E-state index in [0.29, 0.717) is 0 Å². The summed E-state index contributed by atoms with van der Waals surface area (Å²) in [6.45, 7) is 2.07. The van der Waals surface area contributed by atoms with E-state index < -0.39 is 0 Å². The normalized spacial score (nSPS) is 15.8. The van der Waals surface area contributed by atoms with Gasteiger partial charge in [-0.1, -0.05) is 37.3 Å². The lowest BCUT2D eigenvalue weighted by atomic mass is 10.1. The molecule has 0 radical (unpaired) electrons. The molecule has 102 valence electrons. The molecule has 1 aliphatic rings. The van der Waals surface area contributed by atoms with Crippen LogP contribution in [0.1, 0.15) is 24.0 Å². The van der Waals surface area contributed by atoms with Gasteiger partial charge in [-0.15, -0.1) is 16.4 Å². The molecule has 3 aromatic rings. The van der Waals surface area contributed by atoms with Gasteiger partial charge in [-0.25, -0.2) is 4.68 Å². The van der Waals surface area contributed by atoms with E-state index in [0.717, 1.165) is 22.2 Å². The molecule has 1 unspecified atom stereocenters. The first kappa shape index (κ1) is 12.8. The van der Waals surface area contributed by atoms with Gasteiger partial charge in [-0.05, 0) is 6.92 Å². The molecule has 20 heavy (non-hydrogen) atoms. The zero-order chi connectivity index (χ0) is 12.8. The molecule has 0 aliphatic carbocycles. The summed E-state index contributed by atoms with van der Waals surface area (Å²) in [5, 5.41) is 7.84. The van der Waals surface area contributed by atoms with E-state index in [1.165, 1.54) is 5.56 Å². The predicted molar refractivity (Wildman–Crippen MR) is 80.8 cm³/mol. The van der Waals surface area contributed by atoms with Crippen LogP contribution in [-0.2, 0) is 0 Å². The summed E-state index contributed by atoms with van der Waals surface area (Å²) >= 11 is 1.62. The highest BCUT2D eigenvalue weighted by Crippen LogP contribution is 2.34. The SMILES string of the molecule is C.Cc1ccc(-c2nc3n(n2)C(c2cncs2)N3)cc1. The maximum Gasteiger partial charge on any atom is 0.226 e. The molecule has 0 saturated carbocycles. The zero-order valence-electron chi connectivity index (χ0n) is 10.2. The first-order chi connectivity index (χ1) is 9.31. The summed E-state index contributed by atoms with van der Waals surface area (Å²) in [4.78, 5) is 9.72. The number of hydrogen-bond acceptors (Lipinski definition) is 5. The maximum atomic E-state index is 4.56. The van der Waals surface area contributed by atoms with Crippen LogP contribution in [0.5, 0.6) is 0 Å². The fourth-order valence-corrected chi connectivity index (χ4v) is 2.75. The zero-order valence-corrected chi connectivity index (χ0v) is 11.1. The second-order valence-corrected chi connectivity index (χ2v) is 5.44.